The molecule has 0 aliphatic carbocycles. The van der Waals surface area contributed by atoms with Gasteiger partial charge in [-0.15, -0.1) is 0 Å². The molecule has 6 heteroatoms. The van der Waals surface area contributed by atoms with Crippen molar-refractivity contribution in [2.75, 3.05) is 13.7 Å². The summed E-state index contributed by atoms with van der Waals surface area (Å²) in [6.45, 7) is 2.41. The molecule has 1 rings (SSSR count). The first kappa shape index (κ1) is 15.8. The number of alkyl halides is 4. The molecule has 0 aromatic heterocycles. The zero-order valence-corrected chi connectivity index (χ0v) is 11.0. The monoisotopic (exact) mass is 279 g/mol. The first-order valence-corrected chi connectivity index (χ1v) is 5.82. The molecule has 0 radical (unpaired) electrons. The number of hydrogen-bond acceptors (Lipinski definition) is 2. The average molecular weight is 279 g/mol. The Morgan fingerprint density at radius 3 is 2.47 bits per heavy atom. The molecule has 1 aromatic rings. The quantitative estimate of drug-likeness (QED) is 0.804. The standard InChI is InChI=1S/C13H17F4NO/c1-8-4-5-10(11(6-8)19-3)9(2)18-7-13(16,17)12(14)15/h4-6,9,12,18H,7H2,1-3H3. The Morgan fingerprint density at radius 2 is 1.95 bits per heavy atom. The number of halogens is 4. The van der Waals surface area contributed by atoms with Crippen molar-refractivity contribution in [3.63, 3.8) is 0 Å². The Morgan fingerprint density at radius 1 is 1.32 bits per heavy atom. The summed E-state index contributed by atoms with van der Waals surface area (Å²) in [7, 11) is 1.47. The van der Waals surface area contributed by atoms with Crippen LogP contribution in [0.3, 0.4) is 0 Å². The van der Waals surface area contributed by atoms with Gasteiger partial charge in [-0.2, -0.15) is 8.78 Å². The Hall–Kier alpha value is -1.30. The molecule has 2 nitrogen and oxygen atoms in total. The maximum atomic E-state index is 12.8. The molecule has 1 aromatic carbocycles. The maximum absolute atomic E-state index is 12.8. The molecule has 1 unspecified atom stereocenters. The van der Waals surface area contributed by atoms with Crippen LogP contribution in [-0.2, 0) is 0 Å². The van der Waals surface area contributed by atoms with E-state index in [9.17, 15) is 17.6 Å². The Bertz CT molecular complexity index is 423. The van der Waals surface area contributed by atoms with Crippen LogP contribution in [-0.4, -0.2) is 26.0 Å². The summed E-state index contributed by atoms with van der Waals surface area (Å²) in [5.74, 6) is -3.49. The number of ether oxygens (including phenoxy) is 1. The second-order valence-electron chi connectivity index (χ2n) is 4.41. The zero-order chi connectivity index (χ0) is 14.6. The van der Waals surface area contributed by atoms with Crippen molar-refractivity contribution in [3.8, 4) is 5.75 Å². The summed E-state index contributed by atoms with van der Waals surface area (Å²) < 4.78 is 54.9. The fourth-order valence-electron chi connectivity index (χ4n) is 1.65. The molecular weight excluding hydrogens is 262 g/mol. The van der Waals surface area contributed by atoms with E-state index in [4.69, 9.17) is 4.74 Å². The minimum atomic E-state index is -4.04. The fraction of sp³-hybridized carbons (Fsp3) is 0.538. The van der Waals surface area contributed by atoms with Gasteiger partial charge < -0.3 is 10.1 Å². The zero-order valence-electron chi connectivity index (χ0n) is 11.0. The van der Waals surface area contributed by atoms with Gasteiger partial charge in [0, 0.05) is 11.6 Å². The number of hydrogen-bond donors (Lipinski definition) is 1. The van der Waals surface area contributed by atoms with E-state index >= 15 is 0 Å². The van der Waals surface area contributed by atoms with Crippen LogP contribution in [0.4, 0.5) is 17.6 Å². The van der Waals surface area contributed by atoms with Gasteiger partial charge in [0.1, 0.15) is 5.75 Å². The summed E-state index contributed by atoms with van der Waals surface area (Å²) in [6, 6.07) is 4.78. The largest absolute Gasteiger partial charge is 0.496 e. The molecule has 0 fully saturated rings. The predicted molar refractivity (Wildman–Crippen MR) is 65.1 cm³/mol. The molecule has 0 bridgehead atoms. The lowest BCUT2D eigenvalue weighted by molar-refractivity contribution is -0.126. The van der Waals surface area contributed by atoms with Gasteiger partial charge in [0.25, 0.3) is 0 Å². The van der Waals surface area contributed by atoms with Crippen molar-refractivity contribution < 1.29 is 22.3 Å². The van der Waals surface area contributed by atoms with Gasteiger partial charge in [-0.05, 0) is 25.5 Å². The maximum Gasteiger partial charge on any atom is 0.319 e. The minimum absolute atomic E-state index is 0.514. The van der Waals surface area contributed by atoms with Crippen molar-refractivity contribution in [2.45, 2.75) is 32.2 Å². The van der Waals surface area contributed by atoms with E-state index in [1.165, 1.54) is 7.11 Å². The SMILES string of the molecule is COc1cc(C)ccc1C(C)NCC(F)(F)C(F)F. The van der Waals surface area contributed by atoms with Crippen molar-refractivity contribution in [2.24, 2.45) is 0 Å². The molecule has 108 valence electrons. The third-order valence-corrected chi connectivity index (χ3v) is 2.82. The Kier molecular flexibility index (Phi) is 5.17. The van der Waals surface area contributed by atoms with Crippen LogP contribution in [0.1, 0.15) is 24.1 Å². The van der Waals surface area contributed by atoms with Gasteiger partial charge in [0.05, 0.1) is 13.7 Å². The highest BCUT2D eigenvalue weighted by Crippen LogP contribution is 2.28. The van der Waals surface area contributed by atoms with E-state index < -0.39 is 24.9 Å². The van der Waals surface area contributed by atoms with Crippen LogP contribution in [0.2, 0.25) is 0 Å². The highest BCUT2D eigenvalue weighted by atomic mass is 19.3. The highest BCUT2D eigenvalue weighted by molar-refractivity contribution is 5.39. The van der Waals surface area contributed by atoms with E-state index in [-0.39, 0.29) is 0 Å². The molecule has 0 spiro atoms. The number of aryl methyl sites for hydroxylation is 1. The van der Waals surface area contributed by atoms with Crippen LogP contribution in [0.25, 0.3) is 0 Å². The van der Waals surface area contributed by atoms with Gasteiger partial charge in [-0.1, -0.05) is 12.1 Å². The lowest BCUT2D eigenvalue weighted by Gasteiger charge is -2.21. The number of rotatable bonds is 6. The first-order chi connectivity index (χ1) is 8.77. The Labute approximate surface area is 109 Å². The number of benzene rings is 1. The first-order valence-electron chi connectivity index (χ1n) is 5.82. The minimum Gasteiger partial charge on any atom is -0.496 e. The molecule has 1 atom stereocenters. The van der Waals surface area contributed by atoms with Gasteiger partial charge in [-0.25, -0.2) is 8.78 Å². The van der Waals surface area contributed by atoms with Crippen LogP contribution in [0.5, 0.6) is 5.75 Å². The Balaban J connectivity index is 2.76. The van der Waals surface area contributed by atoms with Crippen molar-refractivity contribution in [1.29, 1.82) is 0 Å². The molecule has 0 saturated carbocycles. The lowest BCUT2D eigenvalue weighted by atomic mass is 10.0. The molecular formula is C13H17F4NO. The summed E-state index contributed by atoms with van der Waals surface area (Å²) in [5.41, 5.74) is 1.61. The molecule has 0 aliphatic rings. The smallest absolute Gasteiger partial charge is 0.319 e. The van der Waals surface area contributed by atoms with Crippen LogP contribution < -0.4 is 10.1 Å². The molecule has 0 heterocycles. The number of nitrogens with one attached hydrogen (secondary N) is 1. The predicted octanol–water partition coefficient (Wildman–Crippen LogP) is 3.55. The summed E-state index contributed by atoms with van der Waals surface area (Å²) in [6.07, 6.45) is -3.67. The average Bonchev–Trinajstić information content (AvgIpc) is 2.35. The van der Waals surface area contributed by atoms with E-state index in [1.54, 1.807) is 25.1 Å². The highest BCUT2D eigenvalue weighted by Gasteiger charge is 2.40. The summed E-state index contributed by atoms with van der Waals surface area (Å²) >= 11 is 0. The van der Waals surface area contributed by atoms with Crippen LogP contribution in [0.15, 0.2) is 18.2 Å². The van der Waals surface area contributed by atoms with Crippen LogP contribution in [0, 0.1) is 6.92 Å². The molecule has 19 heavy (non-hydrogen) atoms. The van der Waals surface area contributed by atoms with Gasteiger partial charge in [-0.3, -0.25) is 0 Å². The summed E-state index contributed by atoms with van der Waals surface area (Å²) in [4.78, 5) is 0. The number of methoxy groups -OCH3 is 1. The molecule has 0 saturated heterocycles. The second-order valence-corrected chi connectivity index (χ2v) is 4.41. The third kappa shape index (κ3) is 4.09. The third-order valence-electron chi connectivity index (χ3n) is 2.82. The van der Waals surface area contributed by atoms with Crippen molar-refractivity contribution in [3.05, 3.63) is 29.3 Å². The fourth-order valence-corrected chi connectivity index (χ4v) is 1.65. The van der Waals surface area contributed by atoms with Crippen LogP contribution >= 0.6 is 0 Å². The lowest BCUT2D eigenvalue weighted by Crippen LogP contribution is -2.39. The van der Waals surface area contributed by atoms with Gasteiger partial charge >= 0.3 is 12.3 Å². The van der Waals surface area contributed by atoms with Crippen molar-refractivity contribution >= 4 is 0 Å². The van der Waals surface area contributed by atoms with E-state index in [0.717, 1.165) is 5.56 Å². The van der Waals surface area contributed by atoms with Crippen molar-refractivity contribution in [1.82, 2.24) is 5.32 Å². The van der Waals surface area contributed by atoms with Gasteiger partial charge in [0.2, 0.25) is 0 Å². The molecule has 0 amide bonds. The van der Waals surface area contributed by atoms with E-state index in [2.05, 4.69) is 5.32 Å². The second kappa shape index (κ2) is 6.23. The molecule has 1 N–H and O–H groups in total. The topological polar surface area (TPSA) is 21.3 Å². The van der Waals surface area contributed by atoms with E-state index in [0.29, 0.717) is 11.3 Å². The van der Waals surface area contributed by atoms with E-state index in [1.807, 2.05) is 6.92 Å². The normalized spacial score (nSPS) is 13.7. The summed E-state index contributed by atoms with van der Waals surface area (Å²) in [5, 5.41) is 2.40. The van der Waals surface area contributed by atoms with Gasteiger partial charge in [0.15, 0.2) is 0 Å². The molecule has 0 aliphatic heterocycles.